The van der Waals surface area contributed by atoms with Crippen LogP contribution in [0.2, 0.25) is 0 Å². The van der Waals surface area contributed by atoms with Crippen LogP contribution in [0.25, 0.3) is 0 Å². The SMILES string of the molecule is C[C@H]([NH2+]CCC[NH+](C)C)C(=O)N1CCCC[C@@H]1C. The number of rotatable bonds is 6. The molecule has 0 spiro atoms. The summed E-state index contributed by atoms with van der Waals surface area (Å²) in [6, 6.07) is 0.524. The highest BCUT2D eigenvalue weighted by Crippen LogP contribution is 2.16. The maximum absolute atomic E-state index is 12.3. The molecule has 0 aliphatic carbocycles. The summed E-state index contributed by atoms with van der Waals surface area (Å²) in [4.78, 5) is 15.9. The molecule has 0 saturated carbocycles. The Bertz CT molecular complexity index is 255. The molecule has 1 saturated heterocycles. The van der Waals surface area contributed by atoms with Gasteiger partial charge in [-0.2, -0.15) is 0 Å². The topological polar surface area (TPSA) is 41.4 Å². The molecule has 4 heteroatoms. The Morgan fingerprint density at radius 3 is 2.78 bits per heavy atom. The number of amides is 1. The molecule has 1 fully saturated rings. The standard InChI is InChI=1S/C14H29N3O/c1-12-8-5-6-11-17(12)14(18)13(2)15-9-7-10-16(3)4/h12-13,15H,5-11H2,1-4H3/p+2/t12-,13-/m0/s1. The van der Waals surface area contributed by atoms with Gasteiger partial charge in [0, 0.05) is 19.0 Å². The Morgan fingerprint density at radius 1 is 1.44 bits per heavy atom. The van der Waals surface area contributed by atoms with Gasteiger partial charge in [-0.15, -0.1) is 0 Å². The lowest BCUT2D eigenvalue weighted by Gasteiger charge is -2.34. The number of nitrogens with two attached hydrogens (primary N) is 1. The minimum absolute atomic E-state index is 0.0858. The van der Waals surface area contributed by atoms with Gasteiger partial charge in [0.2, 0.25) is 0 Å². The van der Waals surface area contributed by atoms with Crippen molar-refractivity contribution in [3.63, 3.8) is 0 Å². The third-order valence-electron chi connectivity index (χ3n) is 3.88. The van der Waals surface area contributed by atoms with Crippen LogP contribution in [0.4, 0.5) is 0 Å². The number of carbonyl (C=O) groups excluding carboxylic acids is 1. The lowest BCUT2D eigenvalue weighted by molar-refractivity contribution is -0.860. The Morgan fingerprint density at radius 2 is 2.17 bits per heavy atom. The average Bonchev–Trinajstić information content (AvgIpc) is 2.34. The summed E-state index contributed by atoms with van der Waals surface area (Å²) < 4.78 is 0. The molecular weight excluding hydrogens is 226 g/mol. The summed E-state index contributed by atoms with van der Waals surface area (Å²) >= 11 is 0. The number of piperidine rings is 1. The zero-order chi connectivity index (χ0) is 13.5. The molecule has 4 nitrogen and oxygen atoms in total. The minimum atomic E-state index is 0.0858. The van der Waals surface area contributed by atoms with E-state index in [-0.39, 0.29) is 6.04 Å². The van der Waals surface area contributed by atoms with Crippen molar-refractivity contribution in [1.29, 1.82) is 0 Å². The number of quaternary nitrogens is 2. The van der Waals surface area contributed by atoms with Crippen LogP contribution in [-0.2, 0) is 4.79 Å². The molecule has 1 rings (SSSR count). The normalized spacial score (nSPS) is 22.3. The first kappa shape index (κ1) is 15.4. The number of hydrogen-bond acceptors (Lipinski definition) is 1. The fraction of sp³-hybridized carbons (Fsp3) is 0.929. The molecule has 1 amide bonds. The highest BCUT2D eigenvalue weighted by atomic mass is 16.2. The van der Waals surface area contributed by atoms with Crippen molar-refractivity contribution >= 4 is 5.91 Å². The van der Waals surface area contributed by atoms with E-state index in [0.29, 0.717) is 11.9 Å². The Labute approximate surface area is 112 Å². The molecule has 1 aliphatic heterocycles. The lowest BCUT2D eigenvalue weighted by atomic mass is 10.0. The maximum Gasteiger partial charge on any atom is 0.280 e. The smallest absolute Gasteiger partial charge is 0.280 e. The highest BCUT2D eigenvalue weighted by Gasteiger charge is 2.28. The number of nitrogens with one attached hydrogen (secondary N) is 1. The quantitative estimate of drug-likeness (QED) is 0.581. The molecule has 0 bridgehead atoms. The van der Waals surface area contributed by atoms with Gasteiger partial charge < -0.3 is 15.1 Å². The first-order valence-corrected chi connectivity index (χ1v) is 7.45. The number of likely N-dealkylation sites (tertiary alicyclic amines) is 1. The molecule has 0 radical (unpaired) electrons. The monoisotopic (exact) mass is 257 g/mol. The fourth-order valence-corrected chi connectivity index (χ4v) is 2.61. The van der Waals surface area contributed by atoms with Crippen molar-refractivity contribution in [3.05, 3.63) is 0 Å². The van der Waals surface area contributed by atoms with E-state index >= 15 is 0 Å². The van der Waals surface area contributed by atoms with Crippen molar-refractivity contribution in [2.45, 2.75) is 51.6 Å². The van der Waals surface area contributed by atoms with Crippen LogP contribution in [0.1, 0.15) is 39.5 Å². The predicted molar refractivity (Wildman–Crippen MR) is 73.6 cm³/mol. The van der Waals surface area contributed by atoms with Crippen LogP contribution < -0.4 is 10.2 Å². The zero-order valence-electron chi connectivity index (χ0n) is 12.5. The van der Waals surface area contributed by atoms with Crippen LogP contribution in [0.3, 0.4) is 0 Å². The van der Waals surface area contributed by atoms with Gasteiger partial charge in [0.1, 0.15) is 0 Å². The first-order valence-electron chi connectivity index (χ1n) is 7.45. The summed E-state index contributed by atoms with van der Waals surface area (Å²) in [5, 5.41) is 2.20. The van der Waals surface area contributed by atoms with Crippen molar-refractivity contribution in [2.75, 3.05) is 33.7 Å². The molecule has 0 aromatic rings. The van der Waals surface area contributed by atoms with Crippen molar-refractivity contribution in [1.82, 2.24) is 4.90 Å². The molecule has 1 heterocycles. The van der Waals surface area contributed by atoms with Crippen LogP contribution >= 0.6 is 0 Å². The van der Waals surface area contributed by atoms with Gasteiger partial charge >= 0.3 is 0 Å². The van der Waals surface area contributed by atoms with Crippen LogP contribution in [0, 0.1) is 0 Å². The number of hydrogen-bond donors (Lipinski definition) is 2. The molecule has 0 aromatic heterocycles. The molecular formula is C14H31N3O+2. The summed E-state index contributed by atoms with van der Waals surface area (Å²) in [6.45, 7) is 7.42. The molecule has 0 aromatic carbocycles. The van der Waals surface area contributed by atoms with Crippen molar-refractivity contribution < 1.29 is 15.0 Å². The summed E-state index contributed by atoms with van der Waals surface area (Å²) in [6.07, 6.45) is 4.79. The van der Waals surface area contributed by atoms with E-state index in [4.69, 9.17) is 0 Å². The largest absolute Gasteiger partial charge is 0.340 e. The summed E-state index contributed by atoms with van der Waals surface area (Å²) in [7, 11) is 4.34. The molecule has 18 heavy (non-hydrogen) atoms. The summed E-state index contributed by atoms with van der Waals surface area (Å²) in [5.74, 6) is 0.333. The molecule has 106 valence electrons. The average molecular weight is 257 g/mol. The van der Waals surface area contributed by atoms with E-state index in [2.05, 4.69) is 31.2 Å². The van der Waals surface area contributed by atoms with Gasteiger partial charge in [0.05, 0.1) is 27.2 Å². The fourth-order valence-electron chi connectivity index (χ4n) is 2.61. The second-order valence-electron chi connectivity index (χ2n) is 6.00. The minimum Gasteiger partial charge on any atom is -0.340 e. The van der Waals surface area contributed by atoms with E-state index in [1.54, 1.807) is 0 Å². The van der Waals surface area contributed by atoms with Crippen LogP contribution in [0.5, 0.6) is 0 Å². The van der Waals surface area contributed by atoms with Gasteiger partial charge in [-0.1, -0.05) is 0 Å². The van der Waals surface area contributed by atoms with Gasteiger partial charge in [-0.25, -0.2) is 0 Å². The number of carbonyl (C=O) groups is 1. The maximum atomic E-state index is 12.3. The summed E-state index contributed by atoms with van der Waals surface area (Å²) in [5.41, 5.74) is 0. The highest BCUT2D eigenvalue weighted by molar-refractivity contribution is 5.80. The van der Waals surface area contributed by atoms with Gasteiger partial charge in [0.25, 0.3) is 5.91 Å². The van der Waals surface area contributed by atoms with E-state index in [0.717, 1.165) is 13.1 Å². The van der Waals surface area contributed by atoms with Gasteiger partial charge in [0.15, 0.2) is 6.04 Å². The third-order valence-corrected chi connectivity index (χ3v) is 3.88. The van der Waals surface area contributed by atoms with Crippen LogP contribution in [0.15, 0.2) is 0 Å². The Balaban J connectivity index is 2.27. The van der Waals surface area contributed by atoms with E-state index in [1.165, 1.54) is 37.1 Å². The van der Waals surface area contributed by atoms with Crippen LogP contribution in [-0.4, -0.2) is 56.6 Å². The Hall–Kier alpha value is -0.610. The first-order chi connectivity index (χ1) is 8.52. The predicted octanol–water partition coefficient (Wildman–Crippen LogP) is -1.13. The van der Waals surface area contributed by atoms with Gasteiger partial charge in [-0.05, 0) is 33.1 Å². The Kier molecular flexibility index (Phi) is 6.65. The van der Waals surface area contributed by atoms with E-state index in [9.17, 15) is 4.79 Å². The van der Waals surface area contributed by atoms with E-state index < -0.39 is 0 Å². The zero-order valence-corrected chi connectivity index (χ0v) is 12.5. The molecule has 2 atom stereocenters. The lowest BCUT2D eigenvalue weighted by Crippen LogP contribution is -3.06. The molecule has 3 N–H and O–H groups in total. The van der Waals surface area contributed by atoms with Gasteiger partial charge in [-0.3, -0.25) is 4.79 Å². The second kappa shape index (κ2) is 7.74. The second-order valence-corrected chi connectivity index (χ2v) is 6.00. The van der Waals surface area contributed by atoms with Crippen molar-refractivity contribution in [2.24, 2.45) is 0 Å². The number of nitrogens with zero attached hydrogens (tertiary/aromatic N) is 1. The van der Waals surface area contributed by atoms with Crippen molar-refractivity contribution in [3.8, 4) is 0 Å². The third kappa shape index (κ3) is 4.94. The molecule has 1 aliphatic rings. The molecule has 0 unspecified atom stereocenters. The van der Waals surface area contributed by atoms with E-state index in [1.807, 2.05) is 6.92 Å².